The van der Waals surface area contributed by atoms with E-state index in [1.165, 1.54) is 7.11 Å². The minimum absolute atomic E-state index is 0.0602. The van der Waals surface area contributed by atoms with Gasteiger partial charge in [-0.25, -0.2) is 0 Å². The zero-order valence-corrected chi connectivity index (χ0v) is 23.9. The molecule has 0 unspecified atom stereocenters. The normalized spacial score (nSPS) is 16.8. The van der Waals surface area contributed by atoms with Crippen molar-refractivity contribution < 1.29 is 9.53 Å². The number of carbonyl (C=O) groups is 1. The number of aryl methyl sites for hydroxylation is 1. The minimum atomic E-state index is -0.284. The van der Waals surface area contributed by atoms with Crippen LogP contribution in [0.3, 0.4) is 0 Å². The Hall–Kier alpha value is -3.43. The van der Waals surface area contributed by atoms with Gasteiger partial charge in [0.15, 0.2) is 5.11 Å². The first-order chi connectivity index (χ1) is 18.8. The number of pyridine rings is 1. The van der Waals surface area contributed by atoms with Gasteiger partial charge in [0, 0.05) is 41.1 Å². The smallest absolute Gasteiger partial charge is 0.250 e. The van der Waals surface area contributed by atoms with Crippen molar-refractivity contribution in [3.8, 4) is 5.69 Å². The lowest BCUT2D eigenvalue weighted by atomic mass is 9.96. The van der Waals surface area contributed by atoms with Gasteiger partial charge in [-0.15, -0.1) is 0 Å². The molecule has 0 saturated carbocycles. The molecule has 4 aromatic rings. The van der Waals surface area contributed by atoms with Crippen LogP contribution in [-0.4, -0.2) is 34.3 Å². The van der Waals surface area contributed by atoms with E-state index in [2.05, 4.69) is 45.0 Å². The fourth-order valence-electron chi connectivity index (χ4n) is 5.10. The van der Waals surface area contributed by atoms with Gasteiger partial charge in [-0.2, -0.15) is 0 Å². The van der Waals surface area contributed by atoms with Gasteiger partial charge in [-0.05, 0) is 92.3 Å². The number of amides is 1. The van der Waals surface area contributed by atoms with E-state index >= 15 is 0 Å². The highest BCUT2D eigenvalue weighted by molar-refractivity contribution is 7.80. The summed E-state index contributed by atoms with van der Waals surface area (Å²) in [5, 5.41) is 7.90. The highest BCUT2D eigenvalue weighted by Gasteiger charge is 2.42. The topological polar surface area (TPSA) is 71.4 Å². The second kappa shape index (κ2) is 11.4. The minimum Gasteiger partial charge on any atom is -0.375 e. The number of nitrogens with one attached hydrogen (secondary N) is 2. The SMILES string of the molecule is COCC(=O)Nc1ccc(N2C(=S)N[C@H](c3ccccn3)[C@H]2c2cc(C)n(-c3ccc(Cl)cc3)c2C)cc1Cl. The van der Waals surface area contributed by atoms with E-state index in [1.54, 1.807) is 12.3 Å². The zero-order chi connectivity index (χ0) is 27.7. The Bertz CT molecular complexity index is 1520. The maximum absolute atomic E-state index is 12.0. The fraction of sp³-hybridized carbons (Fsp3) is 0.207. The molecule has 200 valence electrons. The Morgan fingerprint density at radius 1 is 1.08 bits per heavy atom. The largest absolute Gasteiger partial charge is 0.375 e. The van der Waals surface area contributed by atoms with Crippen LogP contribution in [0.2, 0.25) is 10.0 Å². The average molecular weight is 581 g/mol. The molecule has 7 nitrogen and oxygen atoms in total. The van der Waals surface area contributed by atoms with Crippen LogP contribution >= 0.6 is 35.4 Å². The Morgan fingerprint density at radius 2 is 1.82 bits per heavy atom. The Morgan fingerprint density at radius 3 is 2.49 bits per heavy atom. The molecule has 2 atom stereocenters. The number of hydrogen-bond acceptors (Lipinski definition) is 4. The van der Waals surface area contributed by atoms with E-state index in [0.717, 1.165) is 34.0 Å². The van der Waals surface area contributed by atoms with E-state index in [1.807, 2.05) is 54.6 Å². The van der Waals surface area contributed by atoms with E-state index in [9.17, 15) is 4.79 Å². The third-order valence-electron chi connectivity index (χ3n) is 6.75. The summed E-state index contributed by atoms with van der Waals surface area (Å²) in [6.45, 7) is 4.13. The summed E-state index contributed by atoms with van der Waals surface area (Å²) in [6, 6.07) is 20.9. The van der Waals surface area contributed by atoms with Crippen LogP contribution in [0.25, 0.3) is 5.69 Å². The highest BCUT2D eigenvalue weighted by atomic mass is 35.5. The van der Waals surface area contributed by atoms with Gasteiger partial charge < -0.3 is 24.8 Å². The standard InChI is InChI=1S/C29H27Cl2N5O2S/c1-17-14-22(18(2)35(17)20-9-7-19(30)8-10-20)28-27(25-6-4-5-13-32-25)34-29(39)36(28)21-11-12-24(23(31)15-21)33-26(37)16-38-3/h4-15,27-28H,16H2,1-3H3,(H,33,37)(H,34,39)/t27-,28-/m1/s1. The molecular formula is C29H27Cl2N5O2S. The van der Waals surface area contributed by atoms with Gasteiger partial charge in [-0.1, -0.05) is 29.3 Å². The quantitative estimate of drug-likeness (QED) is 0.242. The average Bonchev–Trinajstić information content (AvgIpc) is 3.41. The fourth-order valence-corrected chi connectivity index (χ4v) is 5.79. The number of rotatable bonds is 7. The number of methoxy groups -OCH3 is 1. The first-order valence-electron chi connectivity index (χ1n) is 12.3. The van der Waals surface area contributed by atoms with Crippen molar-refractivity contribution in [2.45, 2.75) is 25.9 Å². The second-order valence-corrected chi connectivity index (χ2v) is 10.5. The number of thiocarbonyl (C=S) groups is 1. The number of nitrogens with zero attached hydrogens (tertiary/aromatic N) is 3. The van der Waals surface area contributed by atoms with Crippen molar-refractivity contribution >= 4 is 57.8 Å². The van der Waals surface area contributed by atoms with Crippen molar-refractivity contribution in [1.82, 2.24) is 14.9 Å². The molecule has 2 N–H and O–H groups in total. The third-order valence-corrected chi connectivity index (χ3v) is 7.63. The first-order valence-corrected chi connectivity index (χ1v) is 13.5. The molecule has 0 radical (unpaired) electrons. The Labute approximate surface area is 242 Å². The number of aromatic nitrogens is 2. The summed E-state index contributed by atoms with van der Waals surface area (Å²) in [6.07, 6.45) is 1.78. The predicted molar refractivity (Wildman–Crippen MR) is 160 cm³/mol. The van der Waals surface area contributed by atoms with Gasteiger partial charge in [0.05, 0.1) is 28.5 Å². The van der Waals surface area contributed by atoms with Gasteiger partial charge in [-0.3, -0.25) is 9.78 Å². The number of halogens is 2. The van der Waals surface area contributed by atoms with E-state index in [4.69, 9.17) is 40.2 Å². The maximum Gasteiger partial charge on any atom is 0.250 e. The number of ether oxygens (including phenoxy) is 1. The maximum atomic E-state index is 12.0. The van der Waals surface area contributed by atoms with Gasteiger partial charge >= 0.3 is 0 Å². The number of carbonyl (C=O) groups excluding carboxylic acids is 1. The molecule has 2 aromatic heterocycles. The molecule has 1 saturated heterocycles. The van der Waals surface area contributed by atoms with Gasteiger partial charge in [0.25, 0.3) is 0 Å². The molecule has 10 heteroatoms. The lowest BCUT2D eigenvalue weighted by molar-refractivity contribution is -0.119. The van der Waals surface area contributed by atoms with Crippen molar-refractivity contribution in [1.29, 1.82) is 0 Å². The molecule has 1 fully saturated rings. The molecule has 1 aliphatic rings. The van der Waals surface area contributed by atoms with E-state index in [0.29, 0.717) is 20.8 Å². The summed E-state index contributed by atoms with van der Waals surface area (Å²) >= 11 is 18.7. The summed E-state index contributed by atoms with van der Waals surface area (Å²) in [4.78, 5) is 18.8. The molecule has 39 heavy (non-hydrogen) atoms. The van der Waals surface area contributed by atoms with Crippen molar-refractivity contribution in [2.24, 2.45) is 0 Å². The molecule has 3 heterocycles. The summed E-state index contributed by atoms with van der Waals surface area (Å²) < 4.78 is 7.12. The molecule has 0 bridgehead atoms. The first kappa shape index (κ1) is 27.1. The molecule has 5 rings (SSSR count). The second-order valence-electron chi connectivity index (χ2n) is 9.28. The summed E-state index contributed by atoms with van der Waals surface area (Å²) in [5.74, 6) is -0.284. The van der Waals surface area contributed by atoms with Crippen LogP contribution in [-0.2, 0) is 9.53 Å². The predicted octanol–water partition coefficient (Wildman–Crippen LogP) is 6.56. The summed E-state index contributed by atoms with van der Waals surface area (Å²) in [5.41, 5.74) is 6.44. The van der Waals surface area contributed by atoms with E-state index < -0.39 is 0 Å². The monoisotopic (exact) mass is 579 g/mol. The highest BCUT2D eigenvalue weighted by Crippen LogP contribution is 2.44. The van der Waals surface area contributed by atoms with Crippen LogP contribution in [0.5, 0.6) is 0 Å². The number of anilines is 2. The van der Waals surface area contributed by atoms with Crippen LogP contribution in [0.1, 0.15) is 34.7 Å². The number of hydrogen-bond donors (Lipinski definition) is 2. The molecule has 0 aliphatic carbocycles. The zero-order valence-electron chi connectivity index (χ0n) is 21.6. The third kappa shape index (κ3) is 5.38. The molecule has 1 aliphatic heterocycles. The Kier molecular flexibility index (Phi) is 7.91. The summed E-state index contributed by atoms with van der Waals surface area (Å²) in [7, 11) is 1.47. The number of benzene rings is 2. The lowest BCUT2D eigenvalue weighted by Gasteiger charge is -2.28. The van der Waals surface area contributed by atoms with Crippen LogP contribution in [0.15, 0.2) is 72.9 Å². The molecular weight excluding hydrogens is 553 g/mol. The van der Waals surface area contributed by atoms with Crippen molar-refractivity contribution in [3.63, 3.8) is 0 Å². The van der Waals surface area contributed by atoms with Crippen LogP contribution in [0.4, 0.5) is 11.4 Å². The van der Waals surface area contributed by atoms with Gasteiger partial charge in [0.2, 0.25) is 5.91 Å². The van der Waals surface area contributed by atoms with Crippen LogP contribution in [0, 0.1) is 13.8 Å². The van der Waals surface area contributed by atoms with Crippen LogP contribution < -0.4 is 15.5 Å². The van der Waals surface area contributed by atoms with Crippen molar-refractivity contribution in [2.75, 3.05) is 23.9 Å². The van der Waals surface area contributed by atoms with Crippen molar-refractivity contribution in [3.05, 3.63) is 106 Å². The lowest BCUT2D eigenvalue weighted by Crippen LogP contribution is -2.29. The molecule has 1 amide bonds. The molecule has 2 aromatic carbocycles. The Balaban J connectivity index is 1.60. The molecule has 0 spiro atoms. The van der Waals surface area contributed by atoms with E-state index in [-0.39, 0.29) is 24.6 Å². The van der Waals surface area contributed by atoms with Gasteiger partial charge in [0.1, 0.15) is 6.61 Å².